The van der Waals surface area contributed by atoms with E-state index in [2.05, 4.69) is 13.8 Å². The highest BCUT2D eigenvalue weighted by Gasteiger charge is 2.03. The Morgan fingerprint density at radius 2 is 0.850 bits per heavy atom. The van der Waals surface area contributed by atoms with Crippen LogP contribution in [0.5, 0.6) is 0 Å². The molecule has 0 atom stereocenters. The van der Waals surface area contributed by atoms with Gasteiger partial charge in [0.1, 0.15) is 0 Å². The first kappa shape index (κ1) is 18.4. The summed E-state index contributed by atoms with van der Waals surface area (Å²) in [5.74, 6) is 0. The summed E-state index contributed by atoms with van der Waals surface area (Å²) in [6.07, 6.45) is 0. The van der Waals surface area contributed by atoms with Crippen LogP contribution in [0.25, 0.3) is 11.1 Å². The molecule has 0 saturated carbocycles. The van der Waals surface area contributed by atoms with Gasteiger partial charge in [-0.2, -0.15) is 0 Å². The molecule has 0 aliphatic rings. The van der Waals surface area contributed by atoms with Crippen LogP contribution in [-0.2, 0) is 0 Å². The number of nitrogens with two attached hydrogens (primary N) is 2. The second-order valence-corrected chi connectivity index (χ2v) is 4.49. The standard InChI is InChI=1S/C16H18N2.2ClH/c1-11(13-3-7-15(17)8-4-13)12(2)14-5-9-16(18)10-6-14;;/h3-10H,17-18H2,1-2H3;2*1H. The Bertz CT molecular complexity index is 519. The van der Waals surface area contributed by atoms with Gasteiger partial charge in [-0.15, -0.1) is 24.8 Å². The molecular weight excluding hydrogens is 291 g/mol. The zero-order valence-corrected chi connectivity index (χ0v) is 13.2. The minimum atomic E-state index is 0. The van der Waals surface area contributed by atoms with Crippen molar-refractivity contribution in [3.05, 3.63) is 59.7 Å². The van der Waals surface area contributed by atoms with Gasteiger partial charge < -0.3 is 11.5 Å². The predicted molar refractivity (Wildman–Crippen MR) is 94.4 cm³/mol. The van der Waals surface area contributed by atoms with Crippen LogP contribution in [0.1, 0.15) is 25.0 Å². The Morgan fingerprint density at radius 1 is 0.600 bits per heavy atom. The first-order valence-electron chi connectivity index (χ1n) is 5.97. The molecule has 0 aromatic heterocycles. The predicted octanol–water partition coefficient (Wildman–Crippen LogP) is 4.65. The molecule has 0 bridgehead atoms. The maximum Gasteiger partial charge on any atom is 0.0314 e. The lowest BCUT2D eigenvalue weighted by atomic mass is 9.97. The summed E-state index contributed by atoms with van der Waals surface area (Å²) in [7, 11) is 0. The zero-order chi connectivity index (χ0) is 13.1. The first-order valence-corrected chi connectivity index (χ1v) is 5.97. The highest BCUT2D eigenvalue weighted by Crippen LogP contribution is 2.26. The van der Waals surface area contributed by atoms with Gasteiger partial charge in [-0.25, -0.2) is 0 Å². The average Bonchev–Trinajstić information content (AvgIpc) is 2.39. The number of anilines is 2. The van der Waals surface area contributed by atoms with Gasteiger partial charge in [0.15, 0.2) is 0 Å². The van der Waals surface area contributed by atoms with Gasteiger partial charge in [0, 0.05) is 11.4 Å². The molecule has 0 fully saturated rings. The van der Waals surface area contributed by atoms with E-state index in [1.165, 1.54) is 22.3 Å². The highest BCUT2D eigenvalue weighted by atomic mass is 35.5. The Morgan fingerprint density at radius 3 is 1.10 bits per heavy atom. The highest BCUT2D eigenvalue weighted by molar-refractivity contribution is 5.89. The lowest BCUT2D eigenvalue weighted by Crippen LogP contribution is -1.89. The summed E-state index contributed by atoms with van der Waals surface area (Å²) in [5.41, 5.74) is 17.9. The molecule has 0 aliphatic heterocycles. The molecule has 0 spiro atoms. The van der Waals surface area contributed by atoms with Gasteiger partial charge in [-0.3, -0.25) is 0 Å². The Hall–Kier alpha value is -1.64. The number of rotatable bonds is 2. The molecule has 0 amide bonds. The molecule has 108 valence electrons. The van der Waals surface area contributed by atoms with Crippen molar-refractivity contribution in [3.63, 3.8) is 0 Å². The smallest absolute Gasteiger partial charge is 0.0314 e. The zero-order valence-electron chi connectivity index (χ0n) is 11.6. The quantitative estimate of drug-likeness (QED) is 0.627. The van der Waals surface area contributed by atoms with E-state index in [4.69, 9.17) is 11.5 Å². The molecule has 0 heterocycles. The summed E-state index contributed by atoms with van der Waals surface area (Å²) in [6, 6.07) is 15.9. The second kappa shape index (κ2) is 7.83. The van der Waals surface area contributed by atoms with Crippen molar-refractivity contribution >= 4 is 47.3 Å². The molecule has 0 aliphatic carbocycles. The van der Waals surface area contributed by atoms with Gasteiger partial charge >= 0.3 is 0 Å². The molecule has 0 saturated heterocycles. The van der Waals surface area contributed by atoms with Crippen molar-refractivity contribution in [3.8, 4) is 0 Å². The summed E-state index contributed by atoms with van der Waals surface area (Å²) in [4.78, 5) is 0. The number of hydrogen-bond acceptors (Lipinski definition) is 2. The van der Waals surface area contributed by atoms with Crippen molar-refractivity contribution in [2.24, 2.45) is 0 Å². The molecule has 20 heavy (non-hydrogen) atoms. The van der Waals surface area contributed by atoms with E-state index in [-0.39, 0.29) is 24.8 Å². The summed E-state index contributed by atoms with van der Waals surface area (Å²) in [5, 5.41) is 0. The van der Waals surface area contributed by atoms with Crippen molar-refractivity contribution < 1.29 is 0 Å². The van der Waals surface area contributed by atoms with Gasteiger partial charge in [0.05, 0.1) is 0 Å². The first-order chi connectivity index (χ1) is 8.58. The lowest BCUT2D eigenvalue weighted by molar-refractivity contribution is 1.51. The monoisotopic (exact) mass is 310 g/mol. The molecule has 2 nitrogen and oxygen atoms in total. The van der Waals surface area contributed by atoms with Crippen LogP contribution in [0.3, 0.4) is 0 Å². The molecule has 4 N–H and O–H groups in total. The summed E-state index contributed by atoms with van der Waals surface area (Å²) < 4.78 is 0. The molecule has 4 heteroatoms. The van der Waals surface area contributed by atoms with E-state index in [1.54, 1.807) is 0 Å². The van der Waals surface area contributed by atoms with Crippen LogP contribution in [0, 0.1) is 0 Å². The van der Waals surface area contributed by atoms with Gasteiger partial charge in [0.2, 0.25) is 0 Å². The van der Waals surface area contributed by atoms with E-state index in [0.29, 0.717) is 0 Å². The van der Waals surface area contributed by atoms with E-state index < -0.39 is 0 Å². The van der Waals surface area contributed by atoms with E-state index in [0.717, 1.165) is 11.4 Å². The molecule has 2 rings (SSSR count). The van der Waals surface area contributed by atoms with Crippen LogP contribution in [0.2, 0.25) is 0 Å². The minimum Gasteiger partial charge on any atom is -0.399 e. The van der Waals surface area contributed by atoms with Crippen LogP contribution in [0.15, 0.2) is 48.5 Å². The SMILES string of the molecule is CC(=C(C)c1ccc(N)cc1)c1ccc(N)cc1.Cl.Cl. The van der Waals surface area contributed by atoms with Crippen LogP contribution in [0.4, 0.5) is 11.4 Å². The molecular formula is C16H20Cl2N2. The Labute approximate surface area is 132 Å². The number of nitrogen functional groups attached to an aromatic ring is 2. The van der Waals surface area contributed by atoms with E-state index in [9.17, 15) is 0 Å². The van der Waals surface area contributed by atoms with Crippen molar-refractivity contribution in [1.82, 2.24) is 0 Å². The third-order valence-corrected chi connectivity index (χ3v) is 3.25. The number of hydrogen-bond donors (Lipinski definition) is 2. The van der Waals surface area contributed by atoms with Crippen LogP contribution in [-0.4, -0.2) is 0 Å². The van der Waals surface area contributed by atoms with Crippen molar-refractivity contribution in [1.29, 1.82) is 0 Å². The Balaban J connectivity index is 0.00000180. The largest absolute Gasteiger partial charge is 0.399 e. The van der Waals surface area contributed by atoms with Gasteiger partial charge in [-0.05, 0) is 60.4 Å². The third-order valence-electron chi connectivity index (χ3n) is 3.25. The molecule has 2 aromatic carbocycles. The normalized spacial score (nSPS) is 10.9. The van der Waals surface area contributed by atoms with E-state index in [1.807, 2.05) is 48.5 Å². The topological polar surface area (TPSA) is 52.0 Å². The summed E-state index contributed by atoms with van der Waals surface area (Å²) in [6.45, 7) is 4.24. The number of benzene rings is 2. The van der Waals surface area contributed by atoms with Crippen molar-refractivity contribution in [2.45, 2.75) is 13.8 Å². The van der Waals surface area contributed by atoms with Crippen LogP contribution < -0.4 is 11.5 Å². The fourth-order valence-corrected chi connectivity index (χ4v) is 1.90. The third kappa shape index (κ3) is 4.19. The maximum absolute atomic E-state index is 5.70. The fraction of sp³-hybridized carbons (Fsp3) is 0.125. The minimum absolute atomic E-state index is 0. The molecule has 2 aromatic rings. The maximum atomic E-state index is 5.70. The van der Waals surface area contributed by atoms with E-state index >= 15 is 0 Å². The number of halogens is 2. The fourth-order valence-electron chi connectivity index (χ4n) is 1.90. The number of allylic oxidation sites excluding steroid dienone is 2. The van der Waals surface area contributed by atoms with Crippen LogP contribution >= 0.6 is 24.8 Å². The second-order valence-electron chi connectivity index (χ2n) is 4.49. The summed E-state index contributed by atoms with van der Waals surface area (Å²) >= 11 is 0. The molecule has 0 radical (unpaired) electrons. The Kier molecular flexibility index (Phi) is 7.19. The van der Waals surface area contributed by atoms with Crippen molar-refractivity contribution in [2.75, 3.05) is 11.5 Å². The van der Waals surface area contributed by atoms with Gasteiger partial charge in [-0.1, -0.05) is 24.3 Å². The lowest BCUT2D eigenvalue weighted by Gasteiger charge is -2.09. The van der Waals surface area contributed by atoms with Gasteiger partial charge in [0.25, 0.3) is 0 Å². The average molecular weight is 311 g/mol. The molecule has 0 unspecified atom stereocenters.